The van der Waals surface area contributed by atoms with Crippen molar-refractivity contribution in [1.82, 2.24) is 9.80 Å². The van der Waals surface area contributed by atoms with Crippen molar-refractivity contribution in [1.29, 1.82) is 0 Å². The van der Waals surface area contributed by atoms with E-state index >= 15 is 0 Å². The van der Waals surface area contributed by atoms with Gasteiger partial charge in [0.2, 0.25) is 0 Å². The summed E-state index contributed by atoms with van der Waals surface area (Å²) in [5.41, 5.74) is 8.36. The lowest BCUT2D eigenvalue weighted by Gasteiger charge is -2.35. The van der Waals surface area contributed by atoms with Gasteiger partial charge in [-0.25, -0.2) is 0 Å². The van der Waals surface area contributed by atoms with E-state index in [1.165, 1.54) is 5.56 Å². The molecule has 0 aliphatic carbocycles. The number of hydrogen-bond acceptors (Lipinski definition) is 5. The van der Waals surface area contributed by atoms with Crippen LogP contribution >= 0.6 is 12.4 Å². The topological polar surface area (TPSA) is 68.0 Å². The molecule has 1 heterocycles. The van der Waals surface area contributed by atoms with E-state index in [1.54, 1.807) is 26.4 Å². The number of benzene rings is 2. The molecule has 0 saturated carbocycles. The number of carbonyl (C=O) groups is 1. The molecule has 7 heteroatoms. The van der Waals surface area contributed by atoms with Crippen LogP contribution in [-0.2, 0) is 6.54 Å². The fourth-order valence-electron chi connectivity index (χ4n) is 3.28. The third-order valence-electron chi connectivity index (χ3n) is 4.65. The number of piperazine rings is 1. The zero-order valence-electron chi connectivity index (χ0n) is 15.7. The number of halogens is 1. The number of nitrogens with zero attached hydrogens (tertiary/aromatic N) is 2. The van der Waals surface area contributed by atoms with Gasteiger partial charge in [-0.1, -0.05) is 18.2 Å². The van der Waals surface area contributed by atoms with Crippen LogP contribution in [0.25, 0.3) is 0 Å². The maximum absolute atomic E-state index is 12.9. The van der Waals surface area contributed by atoms with Crippen LogP contribution < -0.4 is 15.2 Å². The first kappa shape index (κ1) is 20.9. The van der Waals surface area contributed by atoms with Crippen LogP contribution in [0.1, 0.15) is 15.9 Å². The Morgan fingerprint density at radius 2 is 1.74 bits per heavy atom. The largest absolute Gasteiger partial charge is 0.493 e. The number of methoxy groups -OCH3 is 2. The number of nitrogens with two attached hydrogens (primary N) is 1. The van der Waals surface area contributed by atoms with Crippen LogP contribution in [0.3, 0.4) is 0 Å². The van der Waals surface area contributed by atoms with Gasteiger partial charge in [0.15, 0.2) is 11.5 Å². The van der Waals surface area contributed by atoms with Gasteiger partial charge in [-0.15, -0.1) is 12.4 Å². The standard InChI is InChI=1S/C20H25N3O3.ClH/c1-25-18-8-4-7-17(19(18)26-2)20(24)23-11-9-22(10-12-23)14-15-5-3-6-16(21)13-15;/h3-8,13H,9-12,14,21H2,1-2H3;1H. The Balaban J connectivity index is 0.00000261. The molecule has 2 aromatic carbocycles. The molecular weight excluding hydrogens is 366 g/mol. The van der Waals surface area contributed by atoms with E-state index in [1.807, 2.05) is 29.2 Å². The van der Waals surface area contributed by atoms with Gasteiger partial charge in [0.05, 0.1) is 19.8 Å². The van der Waals surface area contributed by atoms with Crippen molar-refractivity contribution in [3.05, 3.63) is 53.6 Å². The van der Waals surface area contributed by atoms with Crippen molar-refractivity contribution in [2.75, 3.05) is 46.1 Å². The summed E-state index contributed by atoms with van der Waals surface area (Å²) < 4.78 is 10.7. The minimum atomic E-state index is -0.0237. The smallest absolute Gasteiger partial charge is 0.257 e. The number of rotatable bonds is 5. The lowest BCUT2D eigenvalue weighted by atomic mass is 10.1. The molecule has 1 saturated heterocycles. The molecule has 0 bridgehead atoms. The number of para-hydroxylation sites is 1. The Hall–Kier alpha value is -2.44. The summed E-state index contributed by atoms with van der Waals surface area (Å²) in [6.07, 6.45) is 0. The van der Waals surface area contributed by atoms with Gasteiger partial charge in [-0.2, -0.15) is 0 Å². The van der Waals surface area contributed by atoms with Crippen LogP contribution in [-0.4, -0.2) is 56.1 Å². The van der Waals surface area contributed by atoms with Gasteiger partial charge >= 0.3 is 0 Å². The number of anilines is 1. The lowest BCUT2D eigenvalue weighted by molar-refractivity contribution is 0.0624. The van der Waals surface area contributed by atoms with Gasteiger partial charge in [0, 0.05) is 38.4 Å². The second-order valence-electron chi connectivity index (χ2n) is 6.35. The van der Waals surface area contributed by atoms with Crippen molar-refractivity contribution >= 4 is 24.0 Å². The SMILES string of the molecule is COc1cccc(C(=O)N2CCN(Cc3cccc(N)c3)CC2)c1OC.Cl. The molecule has 0 unspecified atom stereocenters. The van der Waals surface area contributed by atoms with Crippen LogP contribution in [0, 0.1) is 0 Å². The molecule has 0 radical (unpaired) electrons. The van der Waals surface area contributed by atoms with Gasteiger partial charge in [-0.05, 0) is 29.8 Å². The highest BCUT2D eigenvalue weighted by Crippen LogP contribution is 2.31. The van der Waals surface area contributed by atoms with Crippen molar-refractivity contribution in [3.63, 3.8) is 0 Å². The molecule has 1 fully saturated rings. The number of ether oxygens (including phenoxy) is 2. The highest BCUT2D eigenvalue weighted by molar-refractivity contribution is 5.97. The molecule has 146 valence electrons. The van der Waals surface area contributed by atoms with E-state index in [2.05, 4.69) is 11.0 Å². The maximum Gasteiger partial charge on any atom is 0.257 e. The van der Waals surface area contributed by atoms with Crippen molar-refractivity contribution in [3.8, 4) is 11.5 Å². The lowest BCUT2D eigenvalue weighted by Crippen LogP contribution is -2.48. The van der Waals surface area contributed by atoms with Crippen LogP contribution in [0.5, 0.6) is 11.5 Å². The quantitative estimate of drug-likeness (QED) is 0.793. The second kappa shape index (κ2) is 9.48. The van der Waals surface area contributed by atoms with Crippen molar-refractivity contribution in [2.24, 2.45) is 0 Å². The molecule has 27 heavy (non-hydrogen) atoms. The van der Waals surface area contributed by atoms with E-state index in [-0.39, 0.29) is 18.3 Å². The molecular formula is C20H26ClN3O3. The summed E-state index contributed by atoms with van der Waals surface area (Å²) >= 11 is 0. The van der Waals surface area contributed by atoms with E-state index in [4.69, 9.17) is 15.2 Å². The minimum absolute atomic E-state index is 0. The average molecular weight is 392 g/mol. The summed E-state index contributed by atoms with van der Waals surface area (Å²) in [4.78, 5) is 17.1. The number of carbonyl (C=O) groups excluding carboxylic acids is 1. The highest BCUT2D eigenvalue weighted by Gasteiger charge is 2.25. The Labute approximate surface area is 166 Å². The van der Waals surface area contributed by atoms with Crippen LogP contribution in [0.2, 0.25) is 0 Å². The molecule has 1 aliphatic rings. The summed E-state index contributed by atoms with van der Waals surface area (Å²) in [5, 5.41) is 0. The predicted octanol–water partition coefficient (Wildman–Crippen LogP) is 2.67. The highest BCUT2D eigenvalue weighted by atomic mass is 35.5. The van der Waals surface area contributed by atoms with E-state index < -0.39 is 0 Å². The first-order valence-electron chi connectivity index (χ1n) is 8.69. The molecule has 0 spiro atoms. The van der Waals surface area contributed by atoms with Crippen LogP contribution in [0.4, 0.5) is 5.69 Å². The molecule has 0 aromatic heterocycles. The fourth-order valence-corrected chi connectivity index (χ4v) is 3.28. The zero-order valence-corrected chi connectivity index (χ0v) is 16.5. The Kier molecular flexibility index (Phi) is 7.33. The number of amides is 1. The summed E-state index contributed by atoms with van der Waals surface area (Å²) in [6.45, 7) is 3.86. The monoisotopic (exact) mass is 391 g/mol. The van der Waals surface area contributed by atoms with Gasteiger partial charge in [-0.3, -0.25) is 9.69 Å². The predicted molar refractivity (Wildman–Crippen MR) is 109 cm³/mol. The van der Waals surface area contributed by atoms with Gasteiger partial charge in [0.25, 0.3) is 5.91 Å². The zero-order chi connectivity index (χ0) is 18.5. The van der Waals surface area contributed by atoms with E-state index in [0.717, 1.165) is 25.3 Å². The summed E-state index contributed by atoms with van der Waals surface area (Å²) in [6, 6.07) is 13.3. The third kappa shape index (κ3) is 4.84. The van der Waals surface area contributed by atoms with Crippen molar-refractivity contribution in [2.45, 2.75) is 6.54 Å². The first-order chi connectivity index (χ1) is 12.6. The van der Waals surface area contributed by atoms with E-state index in [9.17, 15) is 4.79 Å². The molecule has 1 aliphatic heterocycles. The Morgan fingerprint density at radius 1 is 1.04 bits per heavy atom. The maximum atomic E-state index is 12.9. The molecule has 0 atom stereocenters. The fraction of sp³-hybridized carbons (Fsp3) is 0.350. The van der Waals surface area contributed by atoms with Crippen molar-refractivity contribution < 1.29 is 14.3 Å². The molecule has 6 nitrogen and oxygen atoms in total. The summed E-state index contributed by atoms with van der Waals surface area (Å²) in [7, 11) is 3.12. The van der Waals surface area contributed by atoms with Gasteiger partial charge in [0.1, 0.15) is 0 Å². The molecule has 3 rings (SSSR count). The molecule has 2 aromatic rings. The Bertz CT molecular complexity index is 777. The summed E-state index contributed by atoms with van der Waals surface area (Å²) in [5.74, 6) is 1.03. The Morgan fingerprint density at radius 3 is 2.37 bits per heavy atom. The third-order valence-corrected chi connectivity index (χ3v) is 4.65. The normalized spacial score (nSPS) is 14.4. The second-order valence-corrected chi connectivity index (χ2v) is 6.35. The van der Waals surface area contributed by atoms with Gasteiger partial charge < -0.3 is 20.1 Å². The first-order valence-corrected chi connectivity index (χ1v) is 8.69. The molecule has 2 N–H and O–H groups in total. The average Bonchev–Trinajstić information content (AvgIpc) is 2.67. The number of hydrogen-bond donors (Lipinski definition) is 1. The minimum Gasteiger partial charge on any atom is -0.493 e. The van der Waals surface area contributed by atoms with E-state index in [0.29, 0.717) is 30.2 Å². The molecule has 1 amide bonds. The van der Waals surface area contributed by atoms with Crippen LogP contribution in [0.15, 0.2) is 42.5 Å². The number of nitrogen functional groups attached to an aromatic ring is 1.